The number of pyridine rings is 1. The van der Waals surface area contributed by atoms with E-state index in [9.17, 15) is 0 Å². The molecule has 0 aliphatic heterocycles. The van der Waals surface area contributed by atoms with Crippen molar-refractivity contribution in [1.29, 1.82) is 0 Å². The van der Waals surface area contributed by atoms with Gasteiger partial charge in [0.2, 0.25) is 0 Å². The molecule has 21 heavy (non-hydrogen) atoms. The summed E-state index contributed by atoms with van der Waals surface area (Å²) < 4.78 is 0. The highest BCUT2D eigenvalue weighted by atomic mass is 35.5. The van der Waals surface area contributed by atoms with E-state index in [2.05, 4.69) is 46.8 Å². The summed E-state index contributed by atoms with van der Waals surface area (Å²) in [4.78, 5) is 14.2. The summed E-state index contributed by atoms with van der Waals surface area (Å²) in [5.41, 5.74) is 2.18. The SMILES string of the molecule is CCCCc1nc(Cl)c(CN(C)[C@H](C)c2cccnc2)[nH]1. The summed E-state index contributed by atoms with van der Waals surface area (Å²) in [6, 6.07) is 4.33. The van der Waals surface area contributed by atoms with E-state index in [1.165, 1.54) is 5.56 Å². The van der Waals surface area contributed by atoms with Crippen LogP contribution in [0.25, 0.3) is 0 Å². The first kappa shape index (κ1) is 16.0. The van der Waals surface area contributed by atoms with Crippen LogP contribution in [0.15, 0.2) is 24.5 Å². The number of halogens is 1. The van der Waals surface area contributed by atoms with Gasteiger partial charge in [0, 0.05) is 31.4 Å². The Labute approximate surface area is 131 Å². The molecule has 0 radical (unpaired) electrons. The van der Waals surface area contributed by atoms with E-state index in [4.69, 9.17) is 11.6 Å². The molecule has 0 unspecified atom stereocenters. The Morgan fingerprint density at radius 1 is 1.43 bits per heavy atom. The zero-order chi connectivity index (χ0) is 15.2. The maximum Gasteiger partial charge on any atom is 0.151 e. The number of H-pyrrole nitrogens is 1. The van der Waals surface area contributed by atoms with Crippen LogP contribution in [-0.2, 0) is 13.0 Å². The van der Waals surface area contributed by atoms with Crippen molar-refractivity contribution < 1.29 is 0 Å². The molecule has 0 aliphatic carbocycles. The first-order valence-electron chi connectivity index (χ1n) is 7.45. The molecule has 0 bridgehead atoms. The molecule has 2 aromatic heterocycles. The maximum absolute atomic E-state index is 6.24. The predicted octanol–water partition coefficient (Wildman–Crippen LogP) is 3.99. The Morgan fingerprint density at radius 2 is 2.24 bits per heavy atom. The lowest BCUT2D eigenvalue weighted by atomic mass is 10.1. The van der Waals surface area contributed by atoms with E-state index in [0.717, 1.165) is 37.3 Å². The third-order valence-electron chi connectivity index (χ3n) is 3.78. The number of imidazole rings is 1. The number of unbranched alkanes of at least 4 members (excludes halogenated alkanes) is 1. The lowest BCUT2D eigenvalue weighted by Gasteiger charge is -2.24. The molecule has 114 valence electrons. The van der Waals surface area contributed by atoms with Gasteiger partial charge in [0.25, 0.3) is 0 Å². The molecular weight excluding hydrogens is 284 g/mol. The van der Waals surface area contributed by atoms with Crippen molar-refractivity contribution in [3.05, 3.63) is 46.8 Å². The molecule has 0 aliphatic rings. The molecule has 0 fully saturated rings. The van der Waals surface area contributed by atoms with Gasteiger partial charge in [-0.15, -0.1) is 0 Å². The van der Waals surface area contributed by atoms with E-state index in [-0.39, 0.29) is 6.04 Å². The van der Waals surface area contributed by atoms with Crippen LogP contribution in [-0.4, -0.2) is 26.9 Å². The lowest BCUT2D eigenvalue weighted by molar-refractivity contribution is 0.250. The quantitative estimate of drug-likeness (QED) is 0.841. The Balaban J connectivity index is 2.02. The van der Waals surface area contributed by atoms with Gasteiger partial charge in [-0.3, -0.25) is 9.88 Å². The second-order valence-electron chi connectivity index (χ2n) is 5.43. The largest absolute Gasteiger partial charge is 0.344 e. The summed E-state index contributed by atoms with van der Waals surface area (Å²) in [6.07, 6.45) is 6.94. The van der Waals surface area contributed by atoms with Gasteiger partial charge < -0.3 is 4.98 Å². The van der Waals surface area contributed by atoms with Gasteiger partial charge in [0.15, 0.2) is 5.15 Å². The van der Waals surface area contributed by atoms with Crippen molar-refractivity contribution in [3.8, 4) is 0 Å². The highest BCUT2D eigenvalue weighted by Gasteiger charge is 2.15. The van der Waals surface area contributed by atoms with Crippen LogP contribution in [0.4, 0.5) is 0 Å². The normalized spacial score (nSPS) is 12.8. The number of hydrogen-bond donors (Lipinski definition) is 1. The van der Waals surface area contributed by atoms with Crippen molar-refractivity contribution in [3.63, 3.8) is 0 Å². The zero-order valence-corrected chi connectivity index (χ0v) is 13.7. The highest BCUT2D eigenvalue weighted by Crippen LogP contribution is 2.22. The zero-order valence-electron chi connectivity index (χ0n) is 12.9. The lowest BCUT2D eigenvalue weighted by Crippen LogP contribution is -2.22. The fraction of sp³-hybridized carbons (Fsp3) is 0.500. The molecule has 0 amide bonds. The molecule has 1 atom stereocenters. The van der Waals surface area contributed by atoms with E-state index < -0.39 is 0 Å². The van der Waals surface area contributed by atoms with Crippen molar-refractivity contribution in [1.82, 2.24) is 19.9 Å². The van der Waals surface area contributed by atoms with Gasteiger partial charge in [-0.05, 0) is 32.0 Å². The van der Waals surface area contributed by atoms with Crippen molar-refractivity contribution in [2.24, 2.45) is 0 Å². The van der Waals surface area contributed by atoms with Crippen LogP contribution >= 0.6 is 11.6 Å². The second kappa shape index (κ2) is 7.57. The third-order valence-corrected chi connectivity index (χ3v) is 4.09. The summed E-state index contributed by atoms with van der Waals surface area (Å²) >= 11 is 6.24. The van der Waals surface area contributed by atoms with Gasteiger partial charge in [-0.25, -0.2) is 4.98 Å². The Morgan fingerprint density at radius 3 is 2.90 bits per heavy atom. The average Bonchev–Trinajstić information content (AvgIpc) is 2.85. The van der Waals surface area contributed by atoms with Crippen LogP contribution < -0.4 is 0 Å². The van der Waals surface area contributed by atoms with Crippen LogP contribution in [0.1, 0.15) is 49.8 Å². The van der Waals surface area contributed by atoms with E-state index in [1.54, 1.807) is 6.20 Å². The van der Waals surface area contributed by atoms with Gasteiger partial charge in [0.05, 0.1) is 5.69 Å². The third kappa shape index (κ3) is 4.29. The molecule has 2 heterocycles. The van der Waals surface area contributed by atoms with Crippen LogP contribution in [0.2, 0.25) is 5.15 Å². The Kier molecular flexibility index (Phi) is 5.76. The van der Waals surface area contributed by atoms with Gasteiger partial charge >= 0.3 is 0 Å². The van der Waals surface area contributed by atoms with Crippen LogP contribution in [0.5, 0.6) is 0 Å². The van der Waals surface area contributed by atoms with E-state index >= 15 is 0 Å². The van der Waals surface area contributed by atoms with Crippen molar-refractivity contribution in [2.45, 2.75) is 45.7 Å². The predicted molar refractivity (Wildman–Crippen MR) is 86.3 cm³/mol. The monoisotopic (exact) mass is 306 g/mol. The molecule has 0 aromatic carbocycles. The minimum atomic E-state index is 0.275. The Hall–Kier alpha value is -1.39. The fourth-order valence-corrected chi connectivity index (χ4v) is 2.48. The molecule has 0 saturated carbocycles. The molecular formula is C16H23ClN4. The number of rotatable bonds is 7. The smallest absolute Gasteiger partial charge is 0.151 e. The van der Waals surface area contributed by atoms with Crippen LogP contribution in [0.3, 0.4) is 0 Å². The molecule has 0 spiro atoms. The number of hydrogen-bond acceptors (Lipinski definition) is 3. The highest BCUT2D eigenvalue weighted by molar-refractivity contribution is 6.30. The van der Waals surface area contributed by atoms with Gasteiger partial charge in [0.1, 0.15) is 5.82 Å². The fourth-order valence-electron chi connectivity index (χ4n) is 2.27. The standard InChI is InChI=1S/C16H23ClN4/c1-4-5-8-15-19-14(16(17)20-15)11-21(3)12(2)13-7-6-9-18-10-13/h6-7,9-10,12H,4-5,8,11H2,1-3H3,(H,19,20)/t12-/m1/s1. The van der Waals surface area contributed by atoms with Crippen LogP contribution in [0, 0.1) is 0 Å². The molecule has 0 saturated heterocycles. The van der Waals surface area contributed by atoms with Crippen molar-refractivity contribution in [2.75, 3.05) is 7.05 Å². The maximum atomic E-state index is 6.24. The average molecular weight is 307 g/mol. The summed E-state index contributed by atoms with van der Waals surface area (Å²) in [6.45, 7) is 5.09. The Bertz CT molecular complexity index is 553. The summed E-state index contributed by atoms with van der Waals surface area (Å²) in [7, 11) is 2.08. The molecule has 1 N–H and O–H groups in total. The molecule has 5 heteroatoms. The second-order valence-corrected chi connectivity index (χ2v) is 5.79. The van der Waals surface area contributed by atoms with Gasteiger partial charge in [-0.2, -0.15) is 0 Å². The summed E-state index contributed by atoms with van der Waals surface area (Å²) in [5.74, 6) is 0.985. The first-order valence-corrected chi connectivity index (χ1v) is 7.83. The number of nitrogens with one attached hydrogen (secondary N) is 1. The first-order chi connectivity index (χ1) is 10.1. The number of aryl methyl sites for hydroxylation is 1. The number of aromatic amines is 1. The number of nitrogens with zero attached hydrogens (tertiary/aromatic N) is 3. The van der Waals surface area contributed by atoms with Crippen molar-refractivity contribution >= 4 is 11.6 Å². The molecule has 2 rings (SSSR count). The molecule has 4 nitrogen and oxygen atoms in total. The minimum Gasteiger partial charge on any atom is -0.344 e. The van der Waals surface area contributed by atoms with E-state index in [0.29, 0.717) is 5.15 Å². The van der Waals surface area contributed by atoms with Gasteiger partial charge in [-0.1, -0.05) is 31.0 Å². The number of aromatic nitrogens is 3. The topological polar surface area (TPSA) is 44.8 Å². The summed E-state index contributed by atoms with van der Waals surface area (Å²) in [5, 5.41) is 0.589. The molecule has 2 aromatic rings. The van der Waals surface area contributed by atoms with E-state index in [1.807, 2.05) is 12.3 Å². The minimum absolute atomic E-state index is 0.275.